The number of hydrogen-bond donors (Lipinski definition) is 4. The molecule has 0 saturated carbocycles. The van der Waals surface area contributed by atoms with Gasteiger partial charge in [0.25, 0.3) is 5.91 Å². The van der Waals surface area contributed by atoms with Crippen molar-refractivity contribution in [1.82, 2.24) is 5.32 Å². The number of aliphatic imine (C=N–C) groups is 2. The maximum absolute atomic E-state index is 12.4. The Balaban J connectivity index is 1.31. The van der Waals surface area contributed by atoms with E-state index < -0.39 is 11.9 Å². The van der Waals surface area contributed by atoms with Crippen LogP contribution in [0.1, 0.15) is 12.0 Å². The first kappa shape index (κ1) is 22.5. The summed E-state index contributed by atoms with van der Waals surface area (Å²) in [6.45, 7) is 1.98. The molecule has 0 aromatic heterocycles. The number of guanidine groups is 2. The first-order valence-electron chi connectivity index (χ1n) is 10.6. The maximum Gasteiger partial charge on any atom is 0.252 e. The second kappa shape index (κ2) is 10.3. The smallest absolute Gasteiger partial charge is 0.252 e. The summed E-state index contributed by atoms with van der Waals surface area (Å²) in [5, 5.41) is 8.22. The lowest BCUT2D eigenvalue weighted by Gasteiger charge is -2.09. The van der Waals surface area contributed by atoms with Gasteiger partial charge in [0.2, 0.25) is 17.8 Å². The Kier molecular flexibility index (Phi) is 6.83. The van der Waals surface area contributed by atoms with Crippen LogP contribution in [0.3, 0.4) is 0 Å². The number of ether oxygens (including phenoxy) is 1. The molecule has 0 radical (unpaired) electrons. The molecule has 0 fully saturated rings. The number of carbonyl (C=O) groups is 2. The van der Waals surface area contributed by atoms with Crippen molar-refractivity contribution < 1.29 is 14.3 Å². The van der Waals surface area contributed by atoms with Crippen LogP contribution in [0.2, 0.25) is 0 Å². The highest BCUT2D eigenvalue weighted by Crippen LogP contribution is 2.23. The molecule has 0 saturated heterocycles. The lowest BCUT2D eigenvalue weighted by atomic mass is 10.2. The van der Waals surface area contributed by atoms with Gasteiger partial charge in [0.05, 0.1) is 6.42 Å². The Labute approximate surface area is 196 Å². The topological polar surface area (TPSA) is 130 Å². The molecule has 3 aromatic rings. The van der Waals surface area contributed by atoms with E-state index in [1.54, 1.807) is 24.3 Å². The van der Waals surface area contributed by atoms with Gasteiger partial charge < -0.3 is 21.1 Å². The van der Waals surface area contributed by atoms with Crippen LogP contribution >= 0.6 is 0 Å². The van der Waals surface area contributed by atoms with Gasteiger partial charge >= 0.3 is 0 Å². The zero-order valence-electron chi connectivity index (χ0n) is 18.5. The number of aryl methyl sites for hydroxylation is 1. The van der Waals surface area contributed by atoms with Crippen LogP contribution < -0.4 is 26.4 Å². The fraction of sp³-hybridized carbons (Fsp3) is 0.120. The van der Waals surface area contributed by atoms with Gasteiger partial charge in [0, 0.05) is 11.4 Å². The highest BCUT2D eigenvalue weighted by molar-refractivity contribution is 6.11. The van der Waals surface area contributed by atoms with Crippen molar-refractivity contribution in [2.75, 3.05) is 10.6 Å². The molecule has 9 nitrogen and oxygen atoms in total. The molecule has 3 aromatic carbocycles. The van der Waals surface area contributed by atoms with Gasteiger partial charge in [-0.15, -0.1) is 0 Å². The molecule has 1 aliphatic heterocycles. The van der Waals surface area contributed by atoms with Crippen molar-refractivity contribution in [2.24, 2.45) is 15.7 Å². The minimum atomic E-state index is -0.883. The van der Waals surface area contributed by atoms with Gasteiger partial charge in [-0.1, -0.05) is 35.9 Å². The molecule has 2 amide bonds. The summed E-state index contributed by atoms with van der Waals surface area (Å²) < 4.78 is 5.73. The Hall–Kier alpha value is -4.66. The Bertz CT molecular complexity index is 1220. The van der Waals surface area contributed by atoms with Crippen LogP contribution in [0, 0.1) is 6.92 Å². The van der Waals surface area contributed by atoms with Gasteiger partial charge in [-0.2, -0.15) is 4.99 Å². The number of nitrogens with zero attached hydrogens (tertiary/aromatic N) is 2. The number of nitrogens with one attached hydrogen (secondary N) is 3. The summed E-state index contributed by atoms with van der Waals surface area (Å²) in [6, 6.07) is 23.0. The highest BCUT2D eigenvalue weighted by atomic mass is 16.5. The van der Waals surface area contributed by atoms with Gasteiger partial charge in [-0.05, 0) is 55.5 Å². The average Bonchev–Trinajstić information content (AvgIpc) is 3.15. The summed E-state index contributed by atoms with van der Waals surface area (Å²) in [4.78, 5) is 32.9. The van der Waals surface area contributed by atoms with Gasteiger partial charge in [-0.25, -0.2) is 4.99 Å². The predicted molar refractivity (Wildman–Crippen MR) is 132 cm³/mol. The Morgan fingerprint density at radius 2 is 1.59 bits per heavy atom. The molecule has 34 heavy (non-hydrogen) atoms. The van der Waals surface area contributed by atoms with Crippen molar-refractivity contribution >= 4 is 35.1 Å². The van der Waals surface area contributed by atoms with Crippen molar-refractivity contribution in [1.29, 1.82) is 0 Å². The Morgan fingerprint density at radius 3 is 2.29 bits per heavy atom. The molecule has 172 valence electrons. The average molecular weight is 457 g/mol. The molecule has 0 aliphatic carbocycles. The van der Waals surface area contributed by atoms with E-state index >= 15 is 0 Å². The van der Waals surface area contributed by atoms with E-state index in [1.807, 2.05) is 61.5 Å². The quantitative estimate of drug-likeness (QED) is 0.334. The lowest BCUT2D eigenvalue weighted by molar-refractivity contribution is -0.123. The van der Waals surface area contributed by atoms with Gasteiger partial charge in [0.15, 0.2) is 0 Å². The predicted octanol–water partition coefficient (Wildman–Crippen LogP) is 3.40. The lowest BCUT2D eigenvalue weighted by Crippen LogP contribution is -2.32. The van der Waals surface area contributed by atoms with Gasteiger partial charge in [-0.3, -0.25) is 14.9 Å². The SMILES string of the molecule is Cc1ccc(N/C(N)=N/C2=NC(CC(=O)Nc3ccc(Oc4ccccc4)cc3)C(=O)N2)cc1. The van der Waals surface area contributed by atoms with E-state index in [2.05, 4.69) is 25.9 Å². The molecule has 9 heteroatoms. The van der Waals surface area contributed by atoms with Crippen molar-refractivity contribution in [2.45, 2.75) is 19.4 Å². The zero-order chi connectivity index (χ0) is 23.9. The Morgan fingerprint density at radius 1 is 0.971 bits per heavy atom. The van der Waals surface area contributed by atoms with Crippen LogP contribution in [-0.4, -0.2) is 29.8 Å². The molecule has 5 N–H and O–H groups in total. The molecular weight excluding hydrogens is 432 g/mol. The molecule has 1 heterocycles. The van der Waals surface area contributed by atoms with Crippen LogP contribution in [0.25, 0.3) is 0 Å². The largest absolute Gasteiger partial charge is 0.457 e. The minimum Gasteiger partial charge on any atom is -0.457 e. The number of amides is 2. The normalized spacial score (nSPS) is 15.3. The second-order valence-electron chi connectivity index (χ2n) is 7.64. The highest BCUT2D eigenvalue weighted by Gasteiger charge is 2.28. The van der Waals surface area contributed by atoms with Crippen molar-refractivity contribution in [3.63, 3.8) is 0 Å². The minimum absolute atomic E-state index is 0.0577. The van der Waals surface area contributed by atoms with Gasteiger partial charge in [0.1, 0.15) is 17.5 Å². The summed E-state index contributed by atoms with van der Waals surface area (Å²) >= 11 is 0. The molecule has 4 rings (SSSR count). The number of anilines is 2. The number of nitrogens with two attached hydrogens (primary N) is 1. The fourth-order valence-electron chi connectivity index (χ4n) is 3.17. The fourth-order valence-corrected chi connectivity index (χ4v) is 3.17. The van der Waals surface area contributed by atoms with E-state index in [1.165, 1.54) is 0 Å². The number of rotatable bonds is 6. The molecule has 0 bridgehead atoms. The van der Waals surface area contributed by atoms with E-state index in [0.717, 1.165) is 17.0 Å². The monoisotopic (exact) mass is 456 g/mol. The van der Waals surface area contributed by atoms with Crippen LogP contribution in [0.4, 0.5) is 11.4 Å². The number of hydrogen-bond acceptors (Lipinski definition) is 5. The number of para-hydroxylation sites is 1. The number of benzene rings is 3. The van der Waals surface area contributed by atoms with E-state index in [4.69, 9.17) is 10.5 Å². The number of carbonyl (C=O) groups excluding carboxylic acids is 2. The van der Waals surface area contributed by atoms with Crippen LogP contribution in [-0.2, 0) is 9.59 Å². The summed E-state index contributed by atoms with van der Waals surface area (Å²) in [6.07, 6.45) is -0.127. The first-order valence-corrected chi connectivity index (χ1v) is 10.6. The second-order valence-corrected chi connectivity index (χ2v) is 7.64. The maximum atomic E-state index is 12.4. The van der Waals surface area contributed by atoms with Crippen LogP contribution in [0.15, 0.2) is 88.8 Å². The molecule has 0 spiro atoms. The third-order valence-corrected chi connectivity index (χ3v) is 4.86. The van der Waals surface area contributed by atoms with Crippen LogP contribution in [0.5, 0.6) is 11.5 Å². The third kappa shape index (κ3) is 6.19. The molecule has 1 aliphatic rings. The molecule has 1 unspecified atom stereocenters. The van der Waals surface area contributed by atoms with E-state index in [-0.39, 0.29) is 24.2 Å². The summed E-state index contributed by atoms with van der Waals surface area (Å²) in [7, 11) is 0. The zero-order valence-corrected chi connectivity index (χ0v) is 18.5. The third-order valence-electron chi connectivity index (χ3n) is 4.86. The molecule has 1 atom stereocenters. The van der Waals surface area contributed by atoms with Crippen molar-refractivity contribution in [3.8, 4) is 11.5 Å². The van der Waals surface area contributed by atoms with E-state index in [9.17, 15) is 9.59 Å². The van der Waals surface area contributed by atoms with Crippen molar-refractivity contribution in [3.05, 3.63) is 84.4 Å². The standard InChI is InChI=1S/C25H24N6O3/c1-16-7-9-18(10-8-16)28-24(26)31-25-29-21(23(33)30-25)15-22(32)27-17-11-13-20(14-12-17)34-19-5-3-2-4-6-19/h2-14,21H,15H2,1H3,(H,27,32)(H4,26,28,29,30,31,33). The summed E-state index contributed by atoms with van der Waals surface area (Å²) in [5.41, 5.74) is 8.35. The van der Waals surface area contributed by atoms with E-state index in [0.29, 0.717) is 11.4 Å². The summed E-state index contributed by atoms with van der Waals surface area (Å²) in [5.74, 6) is 0.731. The first-order chi connectivity index (χ1) is 16.4. The molecular formula is C25H24N6O3.